The van der Waals surface area contributed by atoms with Gasteiger partial charge in [0.1, 0.15) is 0 Å². The van der Waals surface area contributed by atoms with Crippen LogP contribution >= 0.6 is 0 Å². The summed E-state index contributed by atoms with van der Waals surface area (Å²) in [4.78, 5) is 62.5. The molecular weight excluding hydrogens is 540 g/mol. The number of ketones is 2. The number of amides is 3. The number of carbonyl (C=O) groups excluding carboxylic acids is 5. The Morgan fingerprint density at radius 2 is 1.55 bits per heavy atom. The first-order chi connectivity index (χ1) is 20.1. The summed E-state index contributed by atoms with van der Waals surface area (Å²) in [5, 5.41) is 8.12. The molecule has 2 unspecified atom stereocenters. The van der Waals surface area contributed by atoms with Crippen LogP contribution in [0, 0.1) is 11.8 Å². The minimum atomic E-state index is -0.769. The van der Waals surface area contributed by atoms with Gasteiger partial charge in [0.25, 0.3) is 0 Å². The number of rotatable bonds is 24. The average molecular weight is 591 g/mol. The molecule has 0 aromatic heterocycles. The van der Waals surface area contributed by atoms with E-state index >= 15 is 0 Å². The van der Waals surface area contributed by atoms with Gasteiger partial charge in [0, 0.05) is 51.9 Å². The van der Waals surface area contributed by atoms with Crippen LogP contribution in [0.4, 0.5) is 0 Å². The van der Waals surface area contributed by atoms with E-state index in [9.17, 15) is 24.0 Å². The highest BCUT2D eigenvalue weighted by molar-refractivity contribution is 5.94. The Morgan fingerprint density at radius 3 is 2.17 bits per heavy atom. The third-order valence-corrected chi connectivity index (χ3v) is 6.37. The summed E-state index contributed by atoms with van der Waals surface area (Å²) < 4.78 is 10.8. The molecule has 2 atom stereocenters. The van der Waals surface area contributed by atoms with Gasteiger partial charge < -0.3 is 31.2 Å². The average Bonchev–Trinajstić information content (AvgIpc) is 2.95. The van der Waals surface area contributed by atoms with Crippen LogP contribution < -0.4 is 21.7 Å². The van der Waals surface area contributed by atoms with E-state index in [0.29, 0.717) is 58.8 Å². The van der Waals surface area contributed by atoms with Gasteiger partial charge in [0.15, 0.2) is 11.6 Å². The van der Waals surface area contributed by atoms with Crippen LogP contribution in [-0.4, -0.2) is 81.4 Å². The predicted octanol–water partition coefficient (Wildman–Crippen LogP) is 1.71. The quantitative estimate of drug-likeness (QED) is 0.132. The predicted molar refractivity (Wildman–Crippen MR) is 161 cm³/mol. The van der Waals surface area contributed by atoms with E-state index < -0.39 is 17.9 Å². The number of Topliss-reactive ketones (excluding diaryl/α,β-unsaturated/α-hetero) is 2. The van der Waals surface area contributed by atoms with Crippen LogP contribution in [0.1, 0.15) is 64.9 Å². The highest BCUT2D eigenvalue weighted by Gasteiger charge is 2.28. The lowest BCUT2D eigenvalue weighted by Crippen LogP contribution is -2.45. The van der Waals surface area contributed by atoms with Crippen molar-refractivity contribution in [3.63, 3.8) is 0 Å². The molecule has 42 heavy (non-hydrogen) atoms. The van der Waals surface area contributed by atoms with Gasteiger partial charge in [-0.15, -0.1) is 0 Å². The first kappa shape index (κ1) is 36.9. The topological polar surface area (TPSA) is 166 Å². The number of nitrogens with two attached hydrogens (primary N) is 1. The maximum Gasteiger partial charge on any atom is 0.224 e. The lowest BCUT2D eigenvalue weighted by Gasteiger charge is -2.23. The number of nitrogens with one attached hydrogen (secondary N) is 3. The van der Waals surface area contributed by atoms with Gasteiger partial charge in [0.2, 0.25) is 17.7 Å². The normalized spacial score (nSPS) is 12.4. The van der Waals surface area contributed by atoms with E-state index in [1.54, 1.807) is 0 Å². The monoisotopic (exact) mass is 590 g/mol. The second-order valence-electron chi connectivity index (χ2n) is 10.8. The molecule has 0 aliphatic rings. The highest BCUT2D eigenvalue weighted by atomic mass is 16.5. The number of benzene rings is 1. The summed E-state index contributed by atoms with van der Waals surface area (Å²) in [5.41, 5.74) is 6.29. The molecule has 11 heteroatoms. The van der Waals surface area contributed by atoms with Crippen LogP contribution in [-0.2, 0) is 39.9 Å². The lowest BCUT2D eigenvalue weighted by molar-refractivity contribution is -0.133. The van der Waals surface area contributed by atoms with Crippen molar-refractivity contribution in [1.29, 1.82) is 0 Å². The van der Waals surface area contributed by atoms with Crippen molar-refractivity contribution in [1.82, 2.24) is 16.0 Å². The van der Waals surface area contributed by atoms with Gasteiger partial charge in [-0.1, -0.05) is 44.2 Å². The Bertz CT molecular complexity index is 956. The zero-order valence-electron chi connectivity index (χ0n) is 25.5. The molecule has 0 spiro atoms. The molecule has 0 aliphatic heterocycles. The van der Waals surface area contributed by atoms with Gasteiger partial charge in [-0.3, -0.25) is 24.0 Å². The smallest absolute Gasteiger partial charge is 0.224 e. The second kappa shape index (κ2) is 22.4. The Labute approximate surface area is 250 Å². The molecule has 1 aromatic carbocycles. The first-order valence-corrected chi connectivity index (χ1v) is 14.9. The summed E-state index contributed by atoms with van der Waals surface area (Å²) in [7, 11) is 0. The molecule has 236 valence electrons. The Hall–Kier alpha value is -3.15. The van der Waals surface area contributed by atoms with E-state index in [4.69, 9.17) is 15.2 Å². The van der Waals surface area contributed by atoms with Crippen molar-refractivity contribution in [2.75, 3.05) is 46.1 Å². The standard InChI is InChI=1S/C31H50N4O7/c1-23(2)19-28(29(38)11-12-30(39)33-14-8-16-42-18-17-41-15-7-13-32)35-31(40)26(20-25-9-5-4-6-10-25)21-27(37)22-34-24(3)36/h4-6,9-10,23,26,28H,7-8,11-22,32H2,1-3H3,(H,33,39)(H,34,36)(H,35,40). The Kier molecular flexibility index (Phi) is 19.7. The van der Waals surface area contributed by atoms with Crippen molar-refractivity contribution in [2.24, 2.45) is 17.6 Å². The molecule has 11 nitrogen and oxygen atoms in total. The minimum absolute atomic E-state index is 0.00898. The van der Waals surface area contributed by atoms with Crippen LogP contribution in [0.25, 0.3) is 0 Å². The molecule has 0 aliphatic carbocycles. The van der Waals surface area contributed by atoms with Gasteiger partial charge in [0.05, 0.1) is 25.8 Å². The number of carbonyl (C=O) groups is 5. The van der Waals surface area contributed by atoms with Gasteiger partial charge in [-0.2, -0.15) is 0 Å². The van der Waals surface area contributed by atoms with E-state index in [1.165, 1.54) is 6.92 Å². The summed E-state index contributed by atoms with van der Waals surface area (Å²) in [5.74, 6) is -2.06. The van der Waals surface area contributed by atoms with Gasteiger partial charge >= 0.3 is 0 Å². The first-order valence-electron chi connectivity index (χ1n) is 14.9. The molecule has 5 N–H and O–H groups in total. The molecule has 0 saturated heterocycles. The maximum absolute atomic E-state index is 13.4. The number of ether oxygens (including phenoxy) is 2. The van der Waals surface area contributed by atoms with Crippen molar-refractivity contribution < 1.29 is 33.4 Å². The zero-order chi connectivity index (χ0) is 31.2. The van der Waals surface area contributed by atoms with Gasteiger partial charge in [-0.25, -0.2) is 0 Å². The fourth-order valence-electron chi connectivity index (χ4n) is 4.17. The lowest BCUT2D eigenvalue weighted by atomic mass is 9.91. The van der Waals surface area contributed by atoms with E-state index in [2.05, 4.69) is 16.0 Å². The van der Waals surface area contributed by atoms with E-state index in [0.717, 1.165) is 12.0 Å². The van der Waals surface area contributed by atoms with Crippen molar-refractivity contribution in [3.8, 4) is 0 Å². The number of hydrogen-bond donors (Lipinski definition) is 4. The maximum atomic E-state index is 13.4. The minimum Gasteiger partial charge on any atom is -0.379 e. The van der Waals surface area contributed by atoms with E-state index in [-0.39, 0.29) is 55.1 Å². The van der Waals surface area contributed by atoms with Crippen LogP contribution in [0.5, 0.6) is 0 Å². The Morgan fingerprint density at radius 1 is 0.881 bits per heavy atom. The van der Waals surface area contributed by atoms with Crippen molar-refractivity contribution >= 4 is 29.3 Å². The third kappa shape index (κ3) is 18.3. The van der Waals surface area contributed by atoms with Gasteiger partial charge in [-0.05, 0) is 43.7 Å². The SMILES string of the molecule is CC(=O)NCC(=O)CC(Cc1ccccc1)C(=O)NC(CC(C)C)C(=O)CCC(=O)NCCCOCCOCCCN. The summed E-state index contributed by atoms with van der Waals surface area (Å²) in [6.07, 6.45) is 2.11. The molecule has 0 radical (unpaired) electrons. The fourth-order valence-corrected chi connectivity index (χ4v) is 4.17. The molecular formula is C31H50N4O7. The second-order valence-corrected chi connectivity index (χ2v) is 10.8. The number of hydrogen-bond acceptors (Lipinski definition) is 8. The molecule has 1 rings (SSSR count). The molecule has 0 heterocycles. The summed E-state index contributed by atoms with van der Waals surface area (Å²) in [6, 6.07) is 8.55. The van der Waals surface area contributed by atoms with Crippen LogP contribution in [0.15, 0.2) is 30.3 Å². The fraction of sp³-hybridized carbons (Fsp3) is 0.645. The molecule has 0 bridgehead atoms. The van der Waals surface area contributed by atoms with Crippen molar-refractivity contribution in [2.45, 2.75) is 71.8 Å². The third-order valence-electron chi connectivity index (χ3n) is 6.37. The zero-order valence-corrected chi connectivity index (χ0v) is 25.5. The van der Waals surface area contributed by atoms with Crippen molar-refractivity contribution in [3.05, 3.63) is 35.9 Å². The largest absolute Gasteiger partial charge is 0.379 e. The highest BCUT2D eigenvalue weighted by Crippen LogP contribution is 2.16. The summed E-state index contributed by atoms with van der Waals surface area (Å²) >= 11 is 0. The molecule has 0 saturated carbocycles. The summed E-state index contributed by atoms with van der Waals surface area (Å²) in [6.45, 7) is 8.17. The molecule has 3 amide bonds. The molecule has 0 fully saturated rings. The Balaban J connectivity index is 2.60. The van der Waals surface area contributed by atoms with E-state index in [1.807, 2.05) is 44.2 Å². The van der Waals surface area contributed by atoms with Crippen LogP contribution in [0.2, 0.25) is 0 Å². The molecule has 1 aromatic rings. The van der Waals surface area contributed by atoms with Crippen LogP contribution in [0.3, 0.4) is 0 Å².